The van der Waals surface area contributed by atoms with Crippen molar-refractivity contribution in [3.05, 3.63) is 35.6 Å². The summed E-state index contributed by atoms with van der Waals surface area (Å²) in [6, 6.07) is 6.49. The van der Waals surface area contributed by atoms with E-state index < -0.39 is 0 Å². The summed E-state index contributed by atoms with van der Waals surface area (Å²) >= 11 is 0. The molecule has 2 N–H and O–H groups in total. The lowest BCUT2D eigenvalue weighted by molar-refractivity contribution is 0.0810. The van der Waals surface area contributed by atoms with E-state index in [1.807, 2.05) is 6.07 Å². The van der Waals surface area contributed by atoms with Crippen LogP contribution < -0.4 is 5.73 Å². The Bertz CT molecular complexity index is 356. The van der Waals surface area contributed by atoms with Gasteiger partial charge in [-0.3, -0.25) is 0 Å². The van der Waals surface area contributed by atoms with Gasteiger partial charge in [0.25, 0.3) is 0 Å². The molecule has 0 aliphatic carbocycles. The van der Waals surface area contributed by atoms with Crippen molar-refractivity contribution < 1.29 is 9.13 Å². The van der Waals surface area contributed by atoms with E-state index in [4.69, 9.17) is 10.5 Å². The van der Waals surface area contributed by atoms with Gasteiger partial charge in [-0.25, -0.2) is 4.39 Å². The maximum Gasteiger partial charge on any atom is 0.127 e. The van der Waals surface area contributed by atoms with Crippen molar-refractivity contribution in [1.82, 2.24) is 0 Å². The van der Waals surface area contributed by atoms with Crippen LogP contribution in [-0.4, -0.2) is 12.7 Å². The molecule has 2 rings (SSSR count). The standard InChI is InChI=1S/C13H18FNO/c1-2-12-10(7-8-16-12)13(15)9-5-3-4-6-11(9)14/h3-6,10,12-13H,2,7-8,15H2,1H3. The molecule has 0 amide bonds. The zero-order valence-corrected chi connectivity index (χ0v) is 9.53. The smallest absolute Gasteiger partial charge is 0.127 e. The largest absolute Gasteiger partial charge is 0.378 e. The number of hydrogen-bond donors (Lipinski definition) is 1. The van der Waals surface area contributed by atoms with E-state index in [2.05, 4.69) is 6.92 Å². The van der Waals surface area contributed by atoms with Crippen LogP contribution in [0, 0.1) is 11.7 Å². The highest BCUT2D eigenvalue weighted by Crippen LogP contribution is 2.33. The average Bonchev–Trinajstić information content (AvgIpc) is 2.77. The van der Waals surface area contributed by atoms with Gasteiger partial charge in [-0.1, -0.05) is 25.1 Å². The summed E-state index contributed by atoms with van der Waals surface area (Å²) in [5.41, 5.74) is 6.75. The lowest BCUT2D eigenvalue weighted by Crippen LogP contribution is -2.28. The fraction of sp³-hybridized carbons (Fsp3) is 0.538. The van der Waals surface area contributed by atoms with Crippen molar-refractivity contribution in [2.45, 2.75) is 31.9 Å². The van der Waals surface area contributed by atoms with E-state index in [1.165, 1.54) is 6.07 Å². The van der Waals surface area contributed by atoms with Gasteiger partial charge in [0.2, 0.25) is 0 Å². The highest BCUT2D eigenvalue weighted by Gasteiger charge is 2.33. The summed E-state index contributed by atoms with van der Waals surface area (Å²) in [7, 11) is 0. The molecule has 1 heterocycles. The van der Waals surface area contributed by atoms with Gasteiger partial charge in [0.15, 0.2) is 0 Å². The SMILES string of the molecule is CCC1OCCC1C(N)c1ccccc1F. The molecule has 1 saturated heterocycles. The summed E-state index contributed by atoms with van der Waals surface area (Å²) in [6.45, 7) is 2.82. The first-order valence-corrected chi connectivity index (χ1v) is 5.85. The van der Waals surface area contributed by atoms with Gasteiger partial charge >= 0.3 is 0 Å². The first-order chi connectivity index (χ1) is 7.74. The van der Waals surface area contributed by atoms with E-state index in [1.54, 1.807) is 12.1 Å². The molecule has 1 aromatic carbocycles. The first-order valence-electron chi connectivity index (χ1n) is 5.85. The van der Waals surface area contributed by atoms with Crippen molar-refractivity contribution in [2.75, 3.05) is 6.61 Å². The van der Waals surface area contributed by atoms with E-state index >= 15 is 0 Å². The maximum atomic E-state index is 13.6. The molecular weight excluding hydrogens is 205 g/mol. The molecule has 0 radical (unpaired) electrons. The lowest BCUT2D eigenvalue weighted by Gasteiger charge is -2.24. The predicted molar refractivity (Wildman–Crippen MR) is 61.5 cm³/mol. The van der Waals surface area contributed by atoms with Crippen LogP contribution in [0.3, 0.4) is 0 Å². The van der Waals surface area contributed by atoms with Gasteiger partial charge in [0, 0.05) is 24.1 Å². The number of hydrogen-bond acceptors (Lipinski definition) is 2. The average molecular weight is 223 g/mol. The van der Waals surface area contributed by atoms with Crippen molar-refractivity contribution in [3.8, 4) is 0 Å². The van der Waals surface area contributed by atoms with E-state index in [0.29, 0.717) is 5.56 Å². The van der Waals surface area contributed by atoms with Crippen molar-refractivity contribution >= 4 is 0 Å². The Morgan fingerprint density at radius 3 is 2.94 bits per heavy atom. The van der Waals surface area contributed by atoms with Gasteiger partial charge in [-0.05, 0) is 18.9 Å². The molecule has 88 valence electrons. The van der Waals surface area contributed by atoms with Crippen LogP contribution >= 0.6 is 0 Å². The molecule has 3 unspecified atom stereocenters. The zero-order chi connectivity index (χ0) is 11.5. The van der Waals surface area contributed by atoms with Crippen LogP contribution in [-0.2, 0) is 4.74 Å². The monoisotopic (exact) mass is 223 g/mol. The first kappa shape index (κ1) is 11.6. The van der Waals surface area contributed by atoms with Crippen molar-refractivity contribution in [1.29, 1.82) is 0 Å². The summed E-state index contributed by atoms with van der Waals surface area (Å²) in [5, 5.41) is 0. The Kier molecular flexibility index (Phi) is 3.56. The molecule has 1 fully saturated rings. The molecule has 2 nitrogen and oxygen atoms in total. The second-order valence-corrected chi connectivity index (χ2v) is 4.32. The third-order valence-electron chi connectivity index (χ3n) is 3.39. The van der Waals surface area contributed by atoms with Crippen LogP contribution in [0.15, 0.2) is 24.3 Å². The van der Waals surface area contributed by atoms with Gasteiger partial charge in [0.1, 0.15) is 5.82 Å². The fourth-order valence-electron chi connectivity index (χ4n) is 2.47. The molecule has 1 aromatic rings. The van der Waals surface area contributed by atoms with Crippen LogP contribution in [0.5, 0.6) is 0 Å². The van der Waals surface area contributed by atoms with E-state index in [9.17, 15) is 4.39 Å². The summed E-state index contributed by atoms with van der Waals surface area (Å²) in [5.74, 6) is 0.0265. The van der Waals surface area contributed by atoms with Gasteiger partial charge < -0.3 is 10.5 Å². The minimum atomic E-state index is -0.256. The molecule has 0 saturated carbocycles. The quantitative estimate of drug-likeness (QED) is 0.855. The topological polar surface area (TPSA) is 35.2 Å². The fourth-order valence-corrected chi connectivity index (χ4v) is 2.47. The van der Waals surface area contributed by atoms with E-state index in [0.717, 1.165) is 19.4 Å². The molecule has 0 spiro atoms. The molecule has 1 aliphatic heterocycles. The normalized spacial score (nSPS) is 26.9. The highest BCUT2D eigenvalue weighted by atomic mass is 19.1. The zero-order valence-electron chi connectivity index (χ0n) is 9.53. The number of ether oxygens (including phenoxy) is 1. The molecule has 3 atom stereocenters. The molecule has 0 bridgehead atoms. The Morgan fingerprint density at radius 1 is 1.50 bits per heavy atom. The second-order valence-electron chi connectivity index (χ2n) is 4.32. The molecule has 3 heteroatoms. The van der Waals surface area contributed by atoms with Gasteiger partial charge in [-0.2, -0.15) is 0 Å². The molecule has 16 heavy (non-hydrogen) atoms. The minimum Gasteiger partial charge on any atom is -0.378 e. The molecule has 0 aromatic heterocycles. The lowest BCUT2D eigenvalue weighted by atomic mass is 9.87. The number of rotatable bonds is 3. The predicted octanol–water partition coefficient (Wildman–Crippen LogP) is 2.64. The highest BCUT2D eigenvalue weighted by molar-refractivity contribution is 5.22. The molecule has 1 aliphatic rings. The minimum absolute atomic E-state index is 0.176. The second kappa shape index (κ2) is 4.93. The van der Waals surface area contributed by atoms with Gasteiger partial charge in [0.05, 0.1) is 6.10 Å². The maximum absolute atomic E-state index is 13.6. The Morgan fingerprint density at radius 2 is 2.25 bits per heavy atom. The number of nitrogens with two attached hydrogens (primary N) is 1. The Balaban J connectivity index is 2.18. The van der Waals surface area contributed by atoms with Crippen LogP contribution in [0.4, 0.5) is 4.39 Å². The Labute approximate surface area is 95.6 Å². The number of benzene rings is 1. The third-order valence-corrected chi connectivity index (χ3v) is 3.39. The summed E-state index contributed by atoms with van der Waals surface area (Å²) in [6.07, 6.45) is 2.04. The van der Waals surface area contributed by atoms with Crippen LogP contribution in [0.25, 0.3) is 0 Å². The van der Waals surface area contributed by atoms with Crippen molar-refractivity contribution in [3.63, 3.8) is 0 Å². The van der Waals surface area contributed by atoms with Crippen LogP contribution in [0.2, 0.25) is 0 Å². The van der Waals surface area contributed by atoms with Crippen molar-refractivity contribution in [2.24, 2.45) is 11.7 Å². The van der Waals surface area contributed by atoms with Crippen LogP contribution in [0.1, 0.15) is 31.4 Å². The summed E-state index contributed by atoms with van der Waals surface area (Å²) < 4.78 is 19.2. The van der Waals surface area contributed by atoms with Gasteiger partial charge in [-0.15, -0.1) is 0 Å². The third kappa shape index (κ3) is 2.11. The molecular formula is C13H18FNO. The Hall–Kier alpha value is -0.930. The van der Waals surface area contributed by atoms with E-state index in [-0.39, 0.29) is 23.9 Å². The summed E-state index contributed by atoms with van der Waals surface area (Å²) in [4.78, 5) is 0. The number of halogens is 1.